The van der Waals surface area contributed by atoms with Crippen LogP contribution >= 0.6 is 23.4 Å². The lowest BCUT2D eigenvalue weighted by atomic mass is 10.2. The Balaban J connectivity index is 2.31. The molecular weight excluding hydrogens is 406 g/mol. The number of rotatable bonds is 7. The second kappa shape index (κ2) is 9.24. The van der Waals surface area contributed by atoms with Crippen molar-refractivity contribution in [3.63, 3.8) is 0 Å². The molecule has 0 aliphatic rings. The molecule has 0 spiro atoms. The first-order chi connectivity index (χ1) is 12.8. The highest BCUT2D eigenvalue weighted by Crippen LogP contribution is 2.29. The maximum atomic E-state index is 12.7. The molecule has 0 aliphatic heterocycles. The van der Waals surface area contributed by atoms with E-state index in [1.165, 1.54) is 44.1 Å². The van der Waals surface area contributed by atoms with Crippen LogP contribution in [0, 0.1) is 11.3 Å². The van der Waals surface area contributed by atoms with Gasteiger partial charge in [-0.3, -0.25) is 4.79 Å². The predicted molar refractivity (Wildman–Crippen MR) is 108 cm³/mol. The molecule has 0 saturated heterocycles. The summed E-state index contributed by atoms with van der Waals surface area (Å²) in [5.41, 5.74) is 0.638. The number of anilines is 1. The van der Waals surface area contributed by atoms with E-state index in [1.807, 2.05) is 12.1 Å². The largest absolute Gasteiger partial charge is 0.321 e. The van der Waals surface area contributed by atoms with Crippen molar-refractivity contribution in [3.05, 3.63) is 53.1 Å². The smallest absolute Gasteiger partial charge is 0.257 e. The lowest BCUT2D eigenvalue weighted by Gasteiger charge is -2.14. The number of para-hydroxylation sites is 1. The van der Waals surface area contributed by atoms with Crippen LogP contribution in [-0.2, 0) is 10.0 Å². The molecule has 0 bridgehead atoms. The van der Waals surface area contributed by atoms with Gasteiger partial charge in [0.15, 0.2) is 0 Å². The third kappa shape index (κ3) is 5.23. The Morgan fingerprint density at radius 3 is 2.63 bits per heavy atom. The molecule has 2 rings (SSSR count). The number of carbonyl (C=O) groups is 1. The molecule has 0 unspecified atom stereocenters. The van der Waals surface area contributed by atoms with E-state index >= 15 is 0 Å². The van der Waals surface area contributed by atoms with Crippen molar-refractivity contribution >= 4 is 45.0 Å². The van der Waals surface area contributed by atoms with E-state index in [0.717, 1.165) is 9.20 Å². The topological polar surface area (TPSA) is 90.3 Å². The molecule has 27 heavy (non-hydrogen) atoms. The molecule has 142 valence electrons. The summed E-state index contributed by atoms with van der Waals surface area (Å²) in [4.78, 5) is 13.5. The third-order valence-corrected chi connectivity index (χ3v) is 6.78. The van der Waals surface area contributed by atoms with Gasteiger partial charge in [-0.15, -0.1) is 11.8 Å². The normalized spacial score (nSPS) is 11.2. The average Bonchev–Trinajstić information content (AvgIpc) is 2.63. The minimum absolute atomic E-state index is 0.0151. The maximum Gasteiger partial charge on any atom is 0.257 e. The van der Waals surface area contributed by atoms with Gasteiger partial charge in [-0.05, 0) is 30.3 Å². The Labute approximate surface area is 168 Å². The summed E-state index contributed by atoms with van der Waals surface area (Å²) in [6.07, 6.45) is 0.392. The van der Waals surface area contributed by atoms with E-state index < -0.39 is 15.9 Å². The summed E-state index contributed by atoms with van der Waals surface area (Å²) in [7, 11) is -0.856. The van der Waals surface area contributed by atoms with Crippen LogP contribution < -0.4 is 5.32 Å². The third-order valence-electron chi connectivity index (χ3n) is 3.57. The molecule has 1 N–H and O–H groups in total. The first-order valence-corrected chi connectivity index (χ1v) is 10.7. The van der Waals surface area contributed by atoms with Gasteiger partial charge in [0, 0.05) is 31.2 Å². The quantitative estimate of drug-likeness (QED) is 0.539. The van der Waals surface area contributed by atoms with Crippen LogP contribution in [0.3, 0.4) is 0 Å². The summed E-state index contributed by atoms with van der Waals surface area (Å²) in [6.45, 7) is 0. The Morgan fingerprint density at radius 2 is 1.96 bits per heavy atom. The van der Waals surface area contributed by atoms with Crippen molar-refractivity contribution in [1.29, 1.82) is 5.26 Å². The maximum absolute atomic E-state index is 12.7. The lowest BCUT2D eigenvalue weighted by molar-refractivity contribution is 0.102. The van der Waals surface area contributed by atoms with Gasteiger partial charge < -0.3 is 5.32 Å². The first kappa shape index (κ1) is 21.3. The number of benzene rings is 2. The number of nitrogens with one attached hydrogen (secondary N) is 1. The van der Waals surface area contributed by atoms with Crippen LogP contribution in [-0.4, -0.2) is 38.5 Å². The second-order valence-corrected chi connectivity index (χ2v) is 9.33. The number of halogens is 1. The molecule has 6 nitrogen and oxygen atoms in total. The van der Waals surface area contributed by atoms with Crippen molar-refractivity contribution in [2.24, 2.45) is 0 Å². The van der Waals surface area contributed by atoms with Gasteiger partial charge in [0.05, 0.1) is 27.2 Å². The van der Waals surface area contributed by atoms with Gasteiger partial charge in [-0.25, -0.2) is 12.7 Å². The first-order valence-electron chi connectivity index (χ1n) is 7.89. The number of hydrogen-bond acceptors (Lipinski definition) is 5. The van der Waals surface area contributed by atoms with Gasteiger partial charge in [-0.2, -0.15) is 5.26 Å². The second-order valence-electron chi connectivity index (χ2n) is 5.64. The van der Waals surface area contributed by atoms with Crippen molar-refractivity contribution in [3.8, 4) is 6.07 Å². The standard InChI is InChI=1S/C18H18ClN3O3S2/c1-22(2)27(24,25)13-8-9-15(19)14(12-13)18(23)21-16-6-3-4-7-17(16)26-11-5-10-20/h3-4,6-9,12H,5,11H2,1-2H3,(H,21,23). The molecular formula is C18H18ClN3O3S2. The molecule has 0 fully saturated rings. The fraction of sp³-hybridized carbons (Fsp3) is 0.222. The molecule has 0 aromatic heterocycles. The summed E-state index contributed by atoms with van der Waals surface area (Å²) < 4.78 is 25.7. The summed E-state index contributed by atoms with van der Waals surface area (Å²) in [5, 5.41) is 11.6. The lowest BCUT2D eigenvalue weighted by Crippen LogP contribution is -2.23. The van der Waals surface area contributed by atoms with Gasteiger partial charge in [0.1, 0.15) is 0 Å². The van der Waals surface area contributed by atoms with Crippen molar-refractivity contribution in [1.82, 2.24) is 4.31 Å². The minimum Gasteiger partial charge on any atom is -0.321 e. The minimum atomic E-state index is -3.69. The van der Waals surface area contributed by atoms with E-state index in [1.54, 1.807) is 12.1 Å². The van der Waals surface area contributed by atoms with E-state index in [2.05, 4.69) is 11.4 Å². The highest BCUT2D eigenvalue weighted by atomic mass is 35.5. The molecule has 0 aliphatic carbocycles. The Kier molecular flexibility index (Phi) is 7.27. The fourth-order valence-electron chi connectivity index (χ4n) is 2.14. The number of amides is 1. The van der Waals surface area contributed by atoms with E-state index in [9.17, 15) is 13.2 Å². The van der Waals surface area contributed by atoms with Crippen molar-refractivity contribution in [2.45, 2.75) is 16.2 Å². The average molecular weight is 424 g/mol. The van der Waals surface area contributed by atoms with E-state index in [0.29, 0.717) is 17.9 Å². The van der Waals surface area contributed by atoms with Gasteiger partial charge in [-0.1, -0.05) is 23.7 Å². The van der Waals surface area contributed by atoms with Crippen LogP contribution in [0.5, 0.6) is 0 Å². The summed E-state index contributed by atoms with van der Waals surface area (Å²) in [5.74, 6) is 0.0879. The van der Waals surface area contributed by atoms with Gasteiger partial charge in [0.2, 0.25) is 10.0 Å². The number of hydrogen-bond donors (Lipinski definition) is 1. The predicted octanol–water partition coefficient (Wildman–Crippen LogP) is 3.85. The molecule has 2 aromatic rings. The molecule has 0 heterocycles. The molecule has 0 saturated carbocycles. The van der Waals surface area contributed by atoms with Crippen LogP contribution in [0.15, 0.2) is 52.3 Å². The number of sulfonamides is 1. The SMILES string of the molecule is CN(C)S(=O)(=O)c1ccc(Cl)c(C(=O)Nc2ccccc2SCCC#N)c1. The fourth-order valence-corrected chi connectivity index (χ4v) is 4.14. The Morgan fingerprint density at radius 1 is 1.26 bits per heavy atom. The number of nitrogens with zero attached hydrogens (tertiary/aromatic N) is 2. The molecule has 2 aromatic carbocycles. The number of thioether (sulfide) groups is 1. The van der Waals surface area contributed by atoms with E-state index in [-0.39, 0.29) is 15.5 Å². The Bertz CT molecular complexity index is 986. The van der Waals surface area contributed by atoms with Gasteiger partial charge >= 0.3 is 0 Å². The van der Waals surface area contributed by atoms with Crippen LogP contribution in [0.25, 0.3) is 0 Å². The zero-order valence-corrected chi connectivity index (χ0v) is 17.2. The molecule has 1 amide bonds. The summed E-state index contributed by atoms with van der Waals surface area (Å²) >= 11 is 7.57. The summed E-state index contributed by atoms with van der Waals surface area (Å²) in [6, 6.07) is 13.3. The monoisotopic (exact) mass is 423 g/mol. The zero-order chi connectivity index (χ0) is 20.0. The molecule has 0 atom stereocenters. The van der Waals surface area contributed by atoms with Crippen LogP contribution in [0.2, 0.25) is 5.02 Å². The van der Waals surface area contributed by atoms with E-state index in [4.69, 9.17) is 16.9 Å². The van der Waals surface area contributed by atoms with Crippen molar-refractivity contribution < 1.29 is 13.2 Å². The molecule has 0 radical (unpaired) electrons. The number of nitriles is 1. The zero-order valence-electron chi connectivity index (χ0n) is 14.8. The van der Waals surface area contributed by atoms with Crippen LogP contribution in [0.1, 0.15) is 16.8 Å². The number of carbonyl (C=O) groups excluding carboxylic acids is 1. The van der Waals surface area contributed by atoms with Gasteiger partial charge in [0.25, 0.3) is 5.91 Å². The highest BCUT2D eigenvalue weighted by Gasteiger charge is 2.21. The highest BCUT2D eigenvalue weighted by molar-refractivity contribution is 7.99. The Hall–Kier alpha value is -2.05. The van der Waals surface area contributed by atoms with Crippen molar-refractivity contribution in [2.75, 3.05) is 25.2 Å². The van der Waals surface area contributed by atoms with Crippen LogP contribution in [0.4, 0.5) is 5.69 Å². The molecule has 9 heteroatoms.